The van der Waals surface area contributed by atoms with Crippen molar-refractivity contribution in [2.24, 2.45) is 0 Å². The van der Waals surface area contributed by atoms with Gasteiger partial charge in [0, 0.05) is 6.61 Å². The second-order valence-corrected chi connectivity index (χ2v) is 11.0. The quantitative estimate of drug-likeness (QED) is 0.466. The van der Waals surface area contributed by atoms with Gasteiger partial charge in [-0.05, 0) is 15.4 Å². The number of hydrogen-bond acceptors (Lipinski definition) is 1. The molecule has 2 aromatic rings. The summed E-state index contributed by atoms with van der Waals surface area (Å²) < 4.78 is 6.60. The Bertz CT molecular complexity index is 584. The van der Waals surface area contributed by atoms with Crippen LogP contribution in [0.3, 0.4) is 0 Å². The van der Waals surface area contributed by atoms with Crippen molar-refractivity contribution >= 4 is 32.3 Å². The van der Waals surface area contributed by atoms with Crippen LogP contribution in [0.2, 0.25) is 5.04 Å². The molecule has 2 rings (SSSR count). The Labute approximate surface area is 164 Å². The number of halogens is 1. The molecule has 4 heteroatoms. The van der Waals surface area contributed by atoms with Crippen molar-refractivity contribution in [3.8, 4) is 0 Å². The van der Waals surface area contributed by atoms with E-state index in [1.54, 1.807) is 0 Å². The molecule has 0 aliphatic heterocycles. The molecule has 24 heavy (non-hydrogen) atoms. The Balaban J connectivity index is 0.00000139. The van der Waals surface area contributed by atoms with Gasteiger partial charge in [-0.25, -0.2) is 13.5 Å². The normalized spacial score (nSPS) is 11.4. The van der Waals surface area contributed by atoms with Gasteiger partial charge in [0.05, 0.1) is 0 Å². The molecule has 0 heterocycles. The maximum absolute atomic E-state index is 6.60. The summed E-state index contributed by atoms with van der Waals surface area (Å²) in [5.74, 6) is 0. The predicted octanol–water partition coefficient (Wildman–Crippen LogP) is 4.80. The van der Waals surface area contributed by atoms with Crippen molar-refractivity contribution in [3.63, 3.8) is 0 Å². The molecule has 0 amide bonds. The van der Waals surface area contributed by atoms with Crippen molar-refractivity contribution in [2.75, 3.05) is 6.61 Å². The van der Waals surface area contributed by atoms with Crippen LogP contribution < -0.4 is 10.4 Å². The van der Waals surface area contributed by atoms with Crippen LogP contribution in [0.25, 0.3) is 0 Å². The summed E-state index contributed by atoms with van der Waals surface area (Å²) in [4.78, 5) is 0. The van der Waals surface area contributed by atoms with Gasteiger partial charge in [0.1, 0.15) is 0 Å². The third-order valence-electron chi connectivity index (χ3n) is 3.91. The third-order valence-corrected chi connectivity index (χ3v) is 8.89. The standard InChI is InChI=1S/C20H25OSi.BrH.Zn/c1-17(2)16-21-22(20(3,4)5,18-12-8-6-9-13-18)19-14-10-7-11-15-19;;/h6-15H,1-2,16H2,3-5H3;1H;/q-1;;+2/p-1. The second-order valence-electron chi connectivity index (χ2n) is 6.70. The number of hydrogen-bond donors (Lipinski definition) is 0. The number of rotatable bonds is 5. The summed E-state index contributed by atoms with van der Waals surface area (Å²) in [6.07, 6.45) is 0. The van der Waals surface area contributed by atoms with E-state index in [4.69, 9.17) is 4.43 Å². The molecule has 0 atom stereocenters. The van der Waals surface area contributed by atoms with E-state index in [9.17, 15) is 0 Å². The summed E-state index contributed by atoms with van der Waals surface area (Å²) in [7, 11) is -2.41. The zero-order valence-electron chi connectivity index (χ0n) is 14.9. The van der Waals surface area contributed by atoms with Crippen LogP contribution in [0.1, 0.15) is 20.8 Å². The number of benzene rings is 2. The SMILES string of the molecule is C=C([CH2-])CO[Si](c1ccccc1)(c1ccccc1)C(C)(C)C.[Zn+][Br]. The third kappa shape index (κ3) is 4.92. The summed E-state index contributed by atoms with van der Waals surface area (Å²) in [5, 5.41) is 2.58. The molecule has 0 spiro atoms. The predicted molar refractivity (Wildman–Crippen MR) is 107 cm³/mol. The minimum absolute atomic E-state index is 0.00512. The van der Waals surface area contributed by atoms with Crippen molar-refractivity contribution in [2.45, 2.75) is 25.8 Å². The summed E-state index contributed by atoms with van der Waals surface area (Å²) in [6, 6.07) is 21.2. The van der Waals surface area contributed by atoms with E-state index in [1.165, 1.54) is 26.7 Å². The molecule has 0 aliphatic rings. The van der Waals surface area contributed by atoms with Crippen LogP contribution in [0, 0.1) is 6.92 Å². The molecule has 0 aliphatic carbocycles. The van der Waals surface area contributed by atoms with Gasteiger partial charge in [0.15, 0.2) is 0 Å². The zero-order chi connectivity index (χ0) is 18.2. The van der Waals surface area contributed by atoms with Gasteiger partial charge in [-0.3, -0.25) is 0 Å². The molecule has 0 saturated carbocycles. The first-order valence-electron chi connectivity index (χ1n) is 7.89. The Morgan fingerprint density at radius 3 is 1.67 bits per heavy atom. The Morgan fingerprint density at radius 1 is 1.00 bits per heavy atom. The summed E-state index contributed by atoms with van der Waals surface area (Å²) in [5.41, 5.74) is 0.813. The van der Waals surface area contributed by atoms with E-state index >= 15 is 0 Å². The topological polar surface area (TPSA) is 9.23 Å². The van der Waals surface area contributed by atoms with E-state index in [0.29, 0.717) is 6.61 Å². The Hall–Kier alpha value is -0.670. The molecule has 124 valence electrons. The average molecular weight is 455 g/mol. The monoisotopic (exact) mass is 452 g/mol. The van der Waals surface area contributed by atoms with E-state index < -0.39 is 8.32 Å². The first-order valence-corrected chi connectivity index (χ1v) is 16.7. The molecule has 0 N–H and O–H groups in total. The summed E-state index contributed by atoms with van der Waals surface area (Å²) >= 11 is 4.25. The van der Waals surface area contributed by atoms with Crippen LogP contribution >= 0.6 is 13.6 Å². The van der Waals surface area contributed by atoms with Gasteiger partial charge in [-0.1, -0.05) is 81.4 Å². The fourth-order valence-corrected chi connectivity index (χ4v) is 7.55. The molecule has 0 fully saturated rings. The van der Waals surface area contributed by atoms with Crippen LogP contribution in [-0.2, 0) is 20.8 Å². The first-order chi connectivity index (χ1) is 11.4. The molecule has 2 aromatic carbocycles. The van der Waals surface area contributed by atoms with Gasteiger partial charge in [0.25, 0.3) is 8.32 Å². The Morgan fingerprint density at radius 2 is 1.38 bits per heavy atom. The Kier molecular flexibility index (Phi) is 8.66. The van der Waals surface area contributed by atoms with Crippen molar-refractivity contribution in [1.82, 2.24) is 0 Å². The van der Waals surface area contributed by atoms with Gasteiger partial charge >= 0.3 is 30.0 Å². The zero-order valence-corrected chi connectivity index (χ0v) is 20.4. The van der Waals surface area contributed by atoms with Gasteiger partial charge < -0.3 is 4.43 Å². The van der Waals surface area contributed by atoms with Crippen LogP contribution in [0.5, 0.6) is 0 Å². The molecular weight excluding hydrogens is 430 g/mol. The molecule has 0 unspecified atom stereocenters. The summed E-state index contributed by atoms with van der Waals surface area (Å²) in [6.45, 7) is 15.1. The van der Waals surface area contributed by atoms with Gasteiger partial charge in [-0.2, -0.15) is 5.57 Å². The van der Waals surface area contributed by atoms with E-state index in [1.807, 2.05) is 0 Å². The molecule has 0 saturated heterocycles. The molecule has 0 radical (unpaired) electrons. The molecule has 0 aromatic heterocycles. The minimum atomic E-state index is -2.41. The first kappa shape index (κ1) is 21.4. The fourth-order valence-electron chi connectivity index (χ4n) is 2.97. The van der Waals surface area contributed by atoms with Crippen LogP contribution in [0.4, 0.5) is 0 Å². The molecule has 0 bridgehead atoms. The second kappa shape index (κ2) is 9.72. The molecule has 1 nitrogen and oxygen atoms in total. The maximum atomic E-state index is 6.60. The van der Waals surface area contributed by atoms with Crippen LogP contribution in [0.15, 0.2) is 72.8 Å². The van der Waals surface area contributed by atoms with Crippen molar-refractivity contribution < 1.29 is 20.8 Å². The van der Waals surface area contributed by atoms with Gasteiger partial charge in [-0.15, -0.1) is 0 Å². The average Bonchev–Trinajstić information content (AvgIpc) is 2.58. The van der Waals surface area contributed by atoms with E-state index in [-0.39, 0.29) is 5.04 Å². The van der Waals surface area contributed by atoms with Crippen LogP contribution in [-0.4, -0.2) is 14.9 Å². The fraction of sp³-hybridized carbons (Fsp3) is 0.250. The van der Waals surface area contributed by atoms with Gasteiger partial charge in [0.2, 0.25) is 0 Å². The van der Waals surface area contributed by atoms with E-state index in [0.717, 1.165) is 5.57 Å². The van der Waals surface area contributed by atoms with Crippen molar-refractivity contribution in [3.05, 3.63) is 79.7 Å². The van der Waals surface area contributed by atoms with E-state index in [2.05, 4.69) is 109 Å². The van der Waals surface area contributed by atoms with Crippen molar-refractivity contribution in [1.29, 1.82) is 0 Å². The molecular formula is C20H25BrOSiZn.